The van der Waals surface area contributed by atoms with E-state index in [1.54, 1.807) is 20.2 Å². The van der Waals surface area contributed by atoms with Gasteiger partial charge in [0.1, 0.15) is 22.8 Å². The number of amides is 1. The van der Waals surface area contributed by atoms with E-state index in [-0.39, 0.29) is 36.3 Å². The molecule has 0 aromatic heterocycles. The fourth-order valence-corrected chi connectivity index (χ4v) is 5.50. The monoisotopic (exact) mass is 443 g/mol. The Kier molecular flexibility index (Phi) is 4.92. The zero-order valence-corrected chi connectivity index (χ0v) is 17.6. The molecule has 2 unspecified atom stereocenters. The lowest BCUT2D eigenvalue weighted by atomic mass is 9.57. The summed E-state index contributed by atoms with van der Waals surface area (Å²) in [6.45, 7) is 0.142. The average Bonchev–Trinajstić information content (AvgIpc) is 2.70. The van der Waals surface area contributed by atoms with Crippen molar-refractivity contribution in [3.05, 3.63) is 45.7 Å². The van der Waals surface area contributed by atoms with Gasteiger partial charge in [-0.2, -0.15) is 0 Å². The smallest absolute Gasteiger partial charge is 0.255 e. The van der Waals surface area contributed by atoms with E-state index in [0.29, 0.717) is 11.1 Å². The Morgan fingerprint density at radius 1 is 1.22 bits per heavy atom. The van der Waals surface area contributed by atoms with Crippen LogP contribution in [-0.4, -0.2) is 68.5 Å². The number of phenols is 1. The summed E-state index contributed by atoms with van der Waals surface area (Å²) < 4.78 is 0. The first-order valence-corrected chi connectivity index (χ1v) is 10.1. The third-order valence-electron chi connectivity index (χ3n) is 6.92. The van der Waals surface area contributed by atoms with Gasteiger partial charge in [0, 0.05) is 18.0 Å². The number of likely N-dealkylation sites (N-methyl/N-ethyl adjacent to an activating group) is 1. The summed E-state index contributed by atoms with van der Waals surface area (Å²) in [4.78, 5) is 40.0. The van der Waals surface area contributed by atoms with E-state index in [1.165, 1.54) is 11.0 Å². The number of ketones is 2. The number of Topliss-reactive ketones (excluding diaryl/α,β-unsaturated/α-hetero) is 2. The van der Waals surface area contributed by atoms with Crippen molar-refractivity contribution in [1.82, 2.24) is 4.90 Å². The highest BCUT2D eigenvalue weighted by molar-refractivity contribution is 6.24. The van der Waals surface area contributed by atoms with Gasteiger partial charge in [0.2, 0.25) is 5.78 Å². The maximum absolute atomic E-state index is 13.6. The first-order valence-electron chi connectivity index (χ1n) is 10.1. The standard InChI is InChI=1S/C22H25N3O7/c1-25(2)16-11-6-9-5-10-8(7-23)3-4-12(26)14(10)17(27)13(9)19(29)22(11,32)20(30)15(18(16)28)21(24)31/h3-4,9,11,16,26-27,30,32H,5-7,23H2,1-2H3,(H2,24,31)/t9?,11?,16-,22-/m0/s1. The van der Waals surface area contributed by atoms with Gasteiger partial charge in [-0.15, -0.1) is 0 Å². The van der Waals surface area contributed by atoms with Gasteiger partial charge in [-0.05, 0) is 50.0 Å². The largest absolute Gasteiger partial charge is 0.508 e. The molecule has 4 rings (SSSR count). The topological polar surface area (TPSA) is 187 Å². The predicted molar refractivity (Wildman–Crippen MR) is 112 cm³/mol. The lowest BCUT2D eigenvalue weighted by Crippen LogP contribution is -2.65. The first kappa shape index (κ1) is 22.0. The van der Waals surface area contributed by atoms with E-state index in [2.05, 4.69) is 0 Å². The second kappa shape index (κ2) is 7.16. The zero-order valence-electron chi connectivity index (χ0n) is 17.6. The molecule has 0 radical (unpaired) electrons. The van der Waals surface area contributed by atoms with Crippen LogP contribution in [0.5, 0.6) is 5.75 Å². The number of rotatable bonds is 3. The van der Waals surface area contributed by atoms with Crippen molar-refractivity contribution in [3.8, 4) is 5.75 Å². The Morgan fingerprint density at radius 2 is 1.88 bits per heavy atom. The van der Waals surface area contributed by atoms with Crippen LogP contribution in [0.4, 0.5) is 0 Å². The minimum atomic E-state index is -2.63. The van der Waals surface area contributed by atoms with Gasteiger partial charge in [-0.3, -0.25) is 19.3 Å². The minimum Gasteiger partial charge on any atom is -0.508 e. The molecule has 0 heterocycles. The van der Waals surface area contributed by atoms with Gasteiger partial charge < -0.3 is 31.9 Å². The number of carbonyl (C=O) groups is 3. The lowest BCUT2D eigenvalue weighted by Gasteiger charge is -2.50. The molecule has 3 aliphatic rings. The summed E-state index contributed by atoms with van der Waals surface area (Å²) in [6, 6.07) is 1.88. The molecular weight excluding hydrogens is 418 g/mol. The Balaban J connectivity index is 1.99. The van der Waals surface area contributed by atoms with E-state index >= 15 is 0 Å². The van der Waals surface area contributed by atoms with Crippen LogP contribution in [0, 0.1) is 11.8 Å². The zero-order chi connectivity index (χ0) is 23.7. The molecule has 32 heavy (non-hydrogen) atoms. The number of carbonyl (C=O) groups excluding carboxylic acids is 3. The third-order valence-corrected chi connectivity index (χ3v) is 6.92. The molecule has 0 saturated heterocycles. The highest BCUT2D eigenvalue weighted by Gasteiger charge is 2.64. The van der Waals surface area contributed by atoms with E-state index in [1.807, 2.05) is 0 Å². The second-order valence-corrected chi connectivity index (χ2v) is 8.76. The van der Waals surface area contributed by atoms with Crippen molar-refractivity contribution >= 4 is 23.2 Å². The van der Waals surface area contributed by atoms with Crippen molar-refractivity contribution in [1.29, 1.82) is 0 Å². The molecule has 1 aromatic carbocycles. The highest BCUT2D eigenvalue weighted by atomic mass is 16.3. The second-order valence-electron chi connectivity index (χ2n) is 8.76. The fraction of sp³-hybridized carbons (Fsp3) is 0.409. The Labute approximate surface area is 183 Å². The number of hydrogen-bond donors (Lipinski definition) is 6. The number of aliphatic hydroxyl groups is 3. The van der Waals surface area contributed by atoms with E-state index < -0.39 is 58.0 Å². The number of aromatic hydroxyl groups is 1. The maximum Gasteiger partial charge on any atom is 0.255 e. The van der Waals surface area contributed by atoms with Crippen LogP contribution in [0.1, 0.15) is 23.1 Å². The molecule has 1 amide bonds. The van der Waals surface area contributed by atoms with Gasteiger partial charge in [0.15, 0.2) is 11.4 Å². The molecule has 170 valence electrons. The van der Waals surface area contributed by atoms with Crippen molar-refractivity contribution in [2.75, 3.05) is 14.1 Å². The molecule has 3 aliphatic carbocycles. The third kappa shape index (κ3) is 2.66. The van der Waals surface area contributed by atoms with Gasteiger partial charge in [0.05, 0.1) is 11.6 Å². The van der Waals surface area contributed by atoms with Crippen LogP contribution in [0.2, 0.25) is 0 Å². The molecule has 1 aromatic rings. The average molecular weight is 443 g/mol. The lowest BCUT2D eigenvalue weighted by molar-refractivity contribution is -0.153. The number of hydrogen-bond acceptors (Lipinski definition) is 9. The van der Waals surface area contributed by atoms with Crippen molar-refractivity contribution in [3.63, 3.8) is 0 Å². The number of primary amides is 1. The SMILES string of the molecule is CN(C)[C@@H]1C(=O)C(C(N)=O)=C(O)[C@@]2(O)C(=O)C3=C(O)c4c(O)ccc(CN)c4CC3CC12. The molecule has 10 nitrogen and oxygen atoms in total. The van der Waals surface area contributed by atoms with E-state index in [0.717, 1.165) is 0 Å². The molecule has 0 bridgehead atoms. The van der Waals surface area contributed by atoms with Crippen LogP contribution < -0.4 is 11.5 Å². The summed E-state index contributed by atoms with van der Waals surface area (Å²) in [5.74, 6) is -6.66. The van der Waals surface area contributed by atoms with Gasteiger partial charge in [0.25, 0.3) is 5.91 Å². The highest BCUT2D eigenvalue weighted by Crippen LogP contribution is 2.52. The molecule has 8 N–H and O–H groups in total. The van der Waals surface area contributed by atoms with Crippen LogP contribution in [0.15, 0.2) is 29.0 Å². The molecular formula is C22H25N3O7. The first-order chi connectivity index (χ1) is 15.0. The number of fused-ring (bicyclic) bond motifs is 3. The molecule has 0 spiro atoms. The predicted octanol–water partition coefficient (Wildman–Crippen LogP) is -0.577. The van der Waals surface area contributed by atoms with Crippen LogP contribution in [-0.2, 0) is 27.3 Å². The molecule has 0 aliphatic heterocycles. The molecule has 1 fully saturated rings. The summed E-state index contributed by atoms with van der Waals surface area (Å²) in [7, 11) is 3.11. The van der Waals surface area contributed by atoms with Crippen LogP contribution in [0.25, 0.3) is 5.76 Å². The van der Waals surface area contributed by atoms with Crippen LogP contribution in [0.3, 0.4) is 0 Å². The quantitative estimate of drug-likeness (QED) is 0.332. The van der Waals surface area contributed by atoms with E-state index in [4.69, 9.17) is 11.5 Å². The number of aliphatic hydroxyl groups excluding tert-OH is 2. The minimum absolute atomic E-state index is 0.0456. The Morgan fingerprint density at radius 3 is 2.44 bits per heavy atom. The van der Waals surface area contributed by atoms with Gasteiger partial charge >= 0.3 is 0 Å². The van der Waals surface area contributed by atoms with Crippen molar-refractivity contribution < 1.29 is 34.8 Å². The normalized spacial score (nSPS) is 29.7. The van der Waals surface area contributed by atoms with Crippen LogP contribution >= 0.6 is 0 Å². The number of nitrogens with zero attached hydrogens (tertiary/aromatic N) is 1. The summed E-state index contributed by atoms with van der Waals surface area (Å²) in [6.07, 6.45) is 0.279. The Bertz CT molecular complexity index is 1140. The Hall–Kier alpha value is -3.21. The van der Waals surface area contributed by atoms with Crippen molar-refractivity contribution in [2.24, 2.45) is 23.3 Å². The van der Waals surface area contributed by atoms with Crippen molar-refractivity contribution in [2.45, 2.75) is 31.0 Å². The molecule has 4 atom stereocenters. The number of nitrogens with two attached hydrogens (primary N) is 2. The molecule has 1 saturated carbocycles. The summed E-state index contributed by atoms with van der Waals surface area (Å²) in [5.41, 5.74) is 8.76. The summed E-state index contributed by atoms with van der Waals surface area (Å²) in [5, 5.41) is 43.6. The van der Waals surface area contributed by atoms with Gasteiger partial charge in [-0.25, -0.2) is 0 Å². The number of benzene rings is 1. The van der Waals surface area contributed by atoms with E-state index in [9.17, 15) is 34.8 Å². The summed E-state index contributed by atoms with van der Waals surface area (Å²) >= 11 is 0. The molecule has 10 heteroatoms. The number of phenolic OH excluding ortho intramolecular Hbond substituents is 1. The van der Waals surface area contributed by atoms with Gasteiger partial charge in [-0.1, -0.05) is 6.07 Å². The maximum atomic E-state index is 13.6. The fourth-order valence-electron chi connectivity index (χ4n) is 5.50.